The highest BCUT2D eigenvalue weighted by Crippen LogP contribution is 2.16. The monoisotopic (exact) mass is 303 g/mol. The summed E-state index contributed by atoms with van der Waals surface area (Å²) in [6.07, 6.45) is 1.63. The molecule has 0 aromatic heterocycles. The smallest absolute Gasteiger partial charge is 0.237 e. The van der Waals surface area contributed by atoms with Crippen molar-refractivity contribution in [2.45, 2.75) is 45.2 Å². The fraction of sp³-hybridized carbons (Fsp3) is 0.933. The van der Waals surface area contributed by atoms with Crippen LogP contribution in [-0.4, -0.2) is 69.5 Å². The van der Waals surface area contributed by atoms with Gasteiger partial charge in [-0.25, -0.2) is 0 Å². The van der Waals surface area contributed by atoms with Crippen LogP contribution in [0.25, 0.3) is 0 Å². The van der Waals surface area contributed by atoms with E-state index in [9.17, 15) is 4.79 Å². The van der Waals surface area contributed by atoms with Gasteiger partial charge in [0, 0.05) is 33.4 Å². The van der Waals surface area contributed by atoms with Crippen molar-refractivity contribution in [2.75, 3.05) is 47.1 Å². The summed E-state index contributed by atoms with van der Waals surface area (Å²) in [4.78, 5) is 14.1. The van der Waals surface area contributed by atoms with Gasteiger partial charge in [-0.2, -0.15) is 0 Å². The number of rotatable bonds is 13. The second-order valence-corrected chi connectivity index (χ2v) is 5.70. The number of nitrogens with zero attached hydrogens (tertiary/aromatic N) is 1. The highest BCUT2D eigenvalue weighted by molar-refractivity contribution is 5.84. The lowest BCUT2D eigenvalue weighted by Crippen LogP contribution is -2.56. The topological polar surface area (TPSA) is 76.8 Å². The number of nitrogens with one attached hydrogen (secondary N) is 1. The van der Waals surface area contributed by atoms with Gasteiger partial charge < -0.3 is 20.5 Å². The Kier molecular flexibility index (Phi) is 10.6. The molecule has 0 heterocycles. The van der Waals surface area contributed by atoms with Gasteiger partial charge in [-0.1, -0.05) is 6.92 Å². The second-order valence-electron chi connectivity index (χ2n) is 5.70. The summed E-state index contributed by atoms with van der Waals surface area (Å²) in [6, 6.07) is 0.206. The molecule has 126 valence electrons. The number of carbonyl (C=O) groups excluding carboxylic acids is 1. The second kappa shape index (κ2) is 11.0. The zero-order chi connectivity index (χ0) is 16.3. The van der Waals surface area contributed by atoms with Gasteiger partial charge in [0.05, 0.1) is 18.8 Å². The molecular weight excluding hydrogens is 270 g/mol. The molecule has 2 unspecified atom stereocenters. The first-order valence-electron chi connectivity index (χ1n) is 7.68. The Morgan fingerprint density at radius 1 is 1.29 bits per heavy atom. The molecule has 0 aliphatic heterocycles. The molecule has 0 spiro atoms. The van der Waals surface area contributed by atoms with Crippen LogP contribution >= 0.6 is 0 Å². The van der Waals surface area contributed by atoms with E-state index in [0.717, 1.165) is 26.1 Å². The molecular formula is C15H33N3O3. The van der Waals surface area contributed by atoms with Gasteiger partial charge in [-0.3, -0.25) is 9.69 Å². The fourth-order valence-corrected chi connectivity index (χ4v) is 2.35. The van der Waals surface area contributed by atoms with E-state index in [0.29, 0.717) is 19.6 Å². The van der Waals surface area contributed by atoms with Crippen LogP contribution in [0.1, 0.15) is 33.6 Å². The Morgan fingerprint density at radius 3 is 2.19 bits per heavy atom. The molecule has 0 rings (SSSR count). The number of methoxy groups -OCH3 is 2. The molecule has 1 amide bonds. The lowest BCUT2D eigenvalue weighted by Gasteiger charge is -2.36. The summed E-state index contributed by atoms with van der Waals surface area (Å²) in [7, 11) is 3.38. The van der Waals surface area contributed by atoms with Crippen LogP contribution in [0.2, 0.25) is 0 Å². The summed E-state index contributed by atoms with van der Waals surface area (Å²) in [5, 5.41) is 3.28. The van der Waals surface area contributed by atoms with Crippen LogP contribution in [-0.2, 0) is 14.3 Å². The number of hydrogen-bond acceptors (Lipinski definition) is 5. The van der Waals surface area contributed by atoms with E-state index in [-0.39, 0.29) is 11.9 Å². The summed E-state index contributed by atoms with van der Waals surface area (Å²) in [6.45, 7) is 9.77. The van der Waals surface area contributed by atoms with E-state index in [1.54, 1.807) is 14.2 Å². The molecule has 2 atom stereocenters. The largest absolute Gasteiger partial charge is 0.383 e. The van der Waals surface area contributed by atoms with Gasteiger partial charge in [0.1, 0.15) is 0 Å². The Morgan fingerprint density at radius 2 is 1.81 bits per heavy atom. The summed E-state index contributed by atoms with van der Waals surface area (Å²) in [5.41, 5.74) is 4.90. The van der Waals surface area contributed by atoms with Gasteiger partial charge >= 0.3 is 0 Å². The fourth-order valence-electron chi connectivity index (χ4n) is 2.35. The minimum atomic E-state index is -0.687. The predicted octanol–water partition coefficient (Wildman–Crippen LogP) is 0.603. The Balaban J connectivity index is 4.71. The lowest BCUT2D eigenvalue weighted by molar-refractivity contribution is -0.124. The van der Waals surface area contributed by atoms with E-state index in [1.807, 2.05) is 6.92 Å². The number of nitrogens with two attached hydrogens (primary N) is 1. The van der Waals surface area contributed by atoms with E-state index >= 15 is 0 Å². The molecule has 0 bridgehead atoms. The molecule has 6 nitrogen and oxygen atoms in total. The minimum Gasteiger partial charge on any atom is -0.383 e. The van der Waals surface area contributed by atoms with Crippen molar-refractivity contribution in [3.63, 3.8) is 0 Å². The third kappa shape index (κ3) is 7.76. The number of hydrogen-bond donors (Lipinski definition) is 2. The molecule has 0 aliphatic rings. The number of primary amides is 1. The van der Waals surface area contributed by atoms with E-state index in [1.165, 1.54) is 0 Å². The lowest BCUT2D eigenvalue weighted by atomic mass is 9.91. The average Bonchev–Trinajstić information content (AvgIpc) is 2.45. The molecule has 21 heavy (non-hydrogen) atoms. The van der Waals surface area contributed by atoms with Crippen molar-refractivity contribution in [3.8, 4) is 0 Å². The predicted molar refractivity (Wildman–Crippen MR) is 85.3 cm³/mol. The van der Waals surface area contributed by atoms with Crippen LogP contribution in [0.5, 0.6) is 0 Å². The molecule has 0 aromatic carbocycles. The zero-order valence-corrected chi connectivity index (χ0v) is 14.3. The zero-order valence-electron chi connectivity index (χ0n) is 14.3. The third-order valence-electron chi connectivity index (χ3n) is 3.80. The Hall–Kier alpha value is -0.690. The van der Waals surface area contributed by atoms with Gasteiger partial charge in [0.25, 0.3) is 0 Å². The highest BCUT2D eigenvalue weighted by Gasteiger charge is 2.33. The third-order valence-corrected chi connectivity index (χ3v) is 3.80. The average molecular weight is 303 g/mol. The number of carbonyl (C=O) groups is 1. The van der Waals surface area contributed by atoms with Gasteiger partial charge in [0.15, 0.2) is 0 Å². The van der Waals surface area contributed by atoms with Gasteiger partial charge in [0.2, 0.25) is 5.91 Å². The molecule has 6 heteroatoms. The first kappa shape index (κ1) is 20.3. The number of ether oxygens (including phenoxy) is 2. The SMILES string of the molecule is CCCNC(C)(CC(C)N(CCOC)CCOC)C(N)=O. The summed E-state index contributed by atoms with van der Waals surface area (Å²) >= 11 is 0. The van der Waals surface area contributed by atoms with E-state index in [4.69, 9.17) is 15.2 Å². The van der Waals surface area contributed by atoms with Gasteiger partial charge in [-0.05, 0) is 33.2 Å². The van der Waals surface area contributed by atoms with Crippen LogP contribution in [0.4, 0.5) is 0 Å². The summed E-state index contributed by atoms with van der Waals surface area (Å²) in [5.74, 6) is -0.304. The van der Waals surface area contributed by atoms with Crippen molar-refractivity contribution in [3.05, 3.63) is 0 Å². The van der Waals surface area contributed by atoms with Gasteiger partial charge in [-0.15, -0.1) is 0 Å². The van der Waals surface area contributed by atoms with Crippen LogP contribution in [0, 0.1) is 0 Å². The first-order chi connectivity index (χ1) is 9.91. The van der Waals surface area contributed by atoms with E-state index < -0.39 is 5.54 Å². The standard InChI is InChI=1S/C15H33N3O3/c1-6-7-17-15(3,14(16)19)12-13(2)18(8-10-20-4)9-11-21-5/h13,17H,6-12H2,1-5H3,(H2,16,19). The van der Waals surface area contributed by atoms with Crippen LogP contribution < -0.4 is 11.1 Å². The van der Waals surface area contributed by atoms with Crippen LogP contribution in [0.15, 0.2) is 0 Å². The molecule has 0 saturated carbocycles. The Labute approximate surface area is 129 Å². The maximum Gasteiger partial charge on any atom is 0.237 e. The van der Waals surface area contributed by atoms with Crippen LogP contribution in [0.3, 0.4) is 0 Å². The molecule has 3 N–H and O–H groups in total. The normalized spacial score (nSPS) is 15.9. The molecule has 0 aliphatic carbocycles. The van der Waals surface area contributed by atoms with Crippen molar-refractivity contribution >= 4 is 5.91 Å². The maximum atomic E-state index is 11.8. The maximum absolute atomic E-state index is 11.8. The van der Waals surface area contributed by atoms with Crippen molar-refractivity contribution in [1.82, 2.24) is 10.2 Å². The van der Waals surface area contributed by atoms with E-state index in [2.05, 4.69) is 24.1 Å². The minimum absolute atomic E-state index is 0.206. The van der Waals surface area contributed by atoms with Crippen molar-refractivity contribution in [2.24, 2.45) is 5.73 Å². The highest BCUT2D eigenvalue weighted by atomic mass is 16.5. The number of amides is 1. The quantitative estimate of drug-likeness (QED) is 0.521. The molecule has 0 fully saturated rings. The Bertz CT molecular complexity index is 281. The molecule has 0 aromatic rings. The van der Waals surface area contributed by atoms with Crippen molar-refractivity contribution in [1.29, 1.82) is 0 Å². The first-order valence-corrected chi connectivity index (χ1v) is 7.68. The van der Waals surface area contributed by atoms with Crippen molar-refractivity contribution < 1.29 is 14.3 Å². The molecule has 0 radical (unpaired) electrons. The molecule has 0 saturated heterocycles. The summed E-state index contributed by atoms with van der Waals surface area (Å²) < 4.78 is 10.3.